The minimum Gasteiger partial charge on any atom is -0.468 e. The number of nitrogens with zero attached hydrogens (tertiary/aromatic N) is 1. The minimum atomic E-state index is -0.718. The Bertz CT molecular complexity index is 956. The van der Waals surface area contributed by atoms with Crippen molar-refractivity contribution in [1.29, 1.82) is 0 Å². The van der Waals surface area contributed by atoms with Gasteiger partial charge in [-0.25, -0.2) is 0 Å². The standard InChI is InChI=1S/C23H25ClN2O3.C5H12.C2H6/c1-26(14-18-6-4-3-5-7-18)15-21(24)13-20(16-27)19-10-8-17(9-11-19)12-22(25)23(28)29-2;1-5(2,3)4;1-2/h3-11,13,15-16,22H,12,14,25H2,1-2H3;1-4H3;1-2H3/b20-13+,21-15+;;/t22-;;/m0../s1. The highest BCUT2D eigenvalue weighted by Crippen LogP contribution is 2.19. The number of ether oxygens (including phenoxy) is 1. The van der Waals surface area contributed by atoms with Crippen LogP contribution in [0.1, 0.15) is 58.2 Å². The van der Waals surface area contributed by atoms with Gasteiger partial charge in [0.25, 0.3) is 0 Å². The number of allylic oxidation sites excluding steroid dienone is 3. The van der Waals surface area contributed by atoms with E-state index in [-0.39, 0.29) is 0 Å². The smallest absolute Gasteiger partial charge is 0.322 e. The van der Waals surface area contributed by atoms with Gasteiger partial charge in [-0.15, -0.1) is 0 Å². The summed E-state index contributed by atoms with van der Waals surface area (Å²) in [4.78, 5) is 24.9. The van der Waals surface area contributed by atoms with Crippen LogP contribution in [0.25, 0.3) is 5.57 Å². The minimum absolute atomic E-state index is 0.359. The maximum atomic E-state index is 11.6. The molecule has 0 amide bonds. The molecule has 0 saturated heterocycles. The molecule has 2 aromatic rings. The molecule has 0 aliphatic heterocycles. The van der Waals surface area contributed by atoms with E-state index in [4.69, 9.17) is 17.3 Å². The van der Waals surface area contributed by atoms with E-state index in [2.05, 4.69) is 32.4 Å². The number of nitrogens with two attached hydrogens (primary N) is 1. The number of hydrogen-bond acceptors (Lipinski definition) is 5. The summed E-state index contributed by atoms with van der Waals surface area (Å²) in [5.41, 5.74) is 9.51. The summed E-state index contributed by atoms with van der Waals surface area (Å²) in [6.07, 6.45) is 4.54. The molecule has 0 saturated carbocycles. The van der Waals surface area contributed by atoms with Crippen molar-refractivity contribution in [3.8, 4) is 0 Å². The number of aldehydes is 1. The Morgan fingerprint density at radius 2 is 1.56 bits per heavy atom. The number of methoxy groups -OCH3 is 1. The summed E-state index contributed by atoms with van der Waals surface area (Å²) in [7, 11) is 3.23. The molecule has 0 aliphatic carbocycles. The van der Waals surface area contributed by atoms with Crippen LogP contribution in [0, 0.1) is 5.41 Å². The molecule has 0 fully saturated rings. The molecular formula is C30H43ClN2O3. The number of esters is 1. The van der Waals surface area contributed by atoms with Crippen molar-refractivity contribution in [3.05, 3.63) is 88.6 Å². The van der Waals surface area contributed by atoms with Crippen molar-refractivity contribution in [2.45, 2.75) is 60.5 Å². The van der Waals surface area contributed by atoms with E-state index in [1.165, 1.54) is 7.11 Å². The molecule has 0 heterocycles. The van der Waals surface area contributed by atoms with Gasteiger partial charge in [0, 0.05) is 25.4 Å². The average molecular weight is 515 g/mol. The second kappa shape index (κ2) is 17.5. The van der Waals surface area contributed by atoms with Crippen LogP contribution in [0.15, 0.2) is 71.9 Å². The average Bonchev–Trinajstić information content (AvgIpc) is 2.83. The van der Waals surface area contributed by atoms with Crippen molar-refractivity contribution in [1.82, 2.24) is 4.90 Å². The summed E-state index contributed by atoms with van der Waals surface area (Å²) in [5.74, 6) is -0.459. The van der Waals surface area contributed by atoms with Crippen LogP contribution >= 0.6 is 11.6 Å². The van der Waals surface area contributed by atoms with E-state index in [1.54, 1.807) is 24.4 Å². The lowest BCUT2D eigenvalue weighted by Crippen LogP contribution is -2.33. The number of carbonyl (C=O) groups excluding carboxylic acids is 2. The second-order valence-corrected chi connectivity index (χ2v) is 10.1. The summed E-state index contributed by atoms with van der Waals surface area (Å²) in [5, 5.41) is 0.447. The molecule has 0 aliphatic rings. The number of rotatable bonds is 9. The Kier molecular flexibility index (Phi) is 16.1. The molecule has 6 heteroatoms. The zero-order valence-corrected chi connectivity index (χ0v) is 23.8. The van der Waals surface area contributed by atoms with Crippen molar-refractivity contribution in [2.24, 2.45) is 11.1 Å². The van der Waals surface area contributed by atoms with Gasteiger partial charge in [-0.2, -0.15) is 0 Å². The maximum Gasteiger partial charge on any atom is 0.322 e. The zero-order valence-electron chi connectivity index (χ0n) is 23.0. The number of hydrogen-bond donors (Lipinski definition) is 1. The number of carbonyl (C=O) groups is 2. The Morgan fingerprint density at radius 1 is 1.03 bits per heavy atom. The molecular weight excluding hydrogens is 472 g/mol. The van der Waals surface area contributed by atoms with Gasteiger partial charge in [0.2, 0.25) is 0 Å². The molecule has 0 unspecified atom stereocenters. The Hall–Kier alpha value is -2.89. The fraction of sp³-hybridized carbons (Fsp3) is 0.400. The van der Waals surface area contributed by atoms with Crippen molar-refractivity contribution in [2.75, 3.05) is 14.2 Å². The first-order valence-corrected chi connectivity index (χ1v) is 12.5. The third-order valence-corrected chi connectivity index (χ3v) is 4.49. The van der Waals surface area contributed by atoms with E-state index in [0.717, 1.165) is 23.0 Å². The van der Waals surface area contributed by atoms with E-state index in [1.807, 2.05) is 68.3 Å². The largest absolute Gasteiger partial charge is 0.468 e. The zero-order chi connectivity index (χ0) is 27.7. The molecule has 5 nitrogen and oxygen atoms in total. The molecule has 198 valence electrons. The summed E-state index contributed by atoms with van der Waals surface area (Å²) in [6, 6.07) is 16.6. The van der Waals surface area contributed by atoms with E-state index in [0.29, 0.717) is 29.0 Å². The van der Waals surface area contributed by atoms with Gasteiger partial charge in [0.05, 0.1) is 12.1 Å². The Balaban J connectivity index is 0.00000156. The molecule has 2 N–H and O–H groups in total. The van der Waals surface area contributed by atoms with Crippen molar-refractivity contribution < 1.29 is 14.3 Å². The van der Waals surface area contributed by atoms with Gasteiger partial charge >= 0.3 is 5.97 Å². The first-order chi connectivity index (χ1) is 16.9. The van der Waals surface area contributed by atoms with Crippen LogP contribution in [0.2, 0.25) is 0 Å². The predicted octanol–water partition coefficient (Wildman–Crippen LogP) is 6.60. The molecule has 1 atom stereocenters. The Morgan fingerprint density at radius 3 is 2.03 bits per heavy atom. The van der Waals surface area contributed by atoms with E-state index < -0.39 is 12.0 Å². The number of benzene rings is 2. The van der Waals surface area contributed by atoms with Crippen molar-refractivity contribution >= 4 is 29.4 Å². The van der Waals surface area contributed by atoms with Gasteiger partial charge < -0.3 is 15.4 Å². The number of halogens is 1. The highest BCUT2D eigenvalue weighted by Gasteiger charge is 2.14. The van der Waals surface area contributed by atoms with Gasteiger partial charge in [0.1, 0.15) is 6.04 Å². The molecule has 2 aromatic carbocycles. The van der Waals surface area contributed by atoms with Crippen LogP contribution in [-0.4, -0.2) is 37.4 Å². The van der Waals surface area contributed by atoms with Crippen LogP contribution in [-0.2, 0) is 27.3 Å². The van der Waals surface area contributed by atoms with Crippen LogP contribution in [0.4, 0.5) is 0 Å². The topological polar surface area (TPSA) is 72.6 Å². The molecule has 0 aromatic heterocycles. The van der Waals surface area contributed by atoms with Gasteiger partial charge in [-0.1, -0.05) is 108 Å². The third kappa shape index (κ3) is 15.2. The van der Waals surface area contributed by atoms with Gasteiger partial charge in [-0.05, 0) is 34.6 Å². The highest BCUT2D eigenvalue weighted by atomic mass is 35.5. The monoisotopic (exact) mass is 514 g/mol. The van der Waals surface area contributed by atoms with Gasteiger partial charge in [-0.3, -0.25) is 9.59 Å². The van der Waals surface area contributed by atoms with Crippen LogP contribution < -0.4 is 5.73 Å². The fourth-order valence-electron chi connectivity index (χ4n) is 2.82. The summed E-state index contributed by atoms with van der Waals surface area (Å²) < 4.78 is 4.63. The SMILES string of the molecule is CC.CC(C)(C)C.COC(=O)[C@@H](N)Cc1ccc(/C(C=O)=C/C(Cl)=C\N(C)Cc2ccccc2)cc1. The summed E-state index contributed by atoms with van der Waals surface area (Å²) in [6.45, 7) is 13.5. The lowest BCUT2D eigenvalue weighted by atomic mass is 10.0. The van der Waals surface area contributed by atoms with Gasteiger partial charge in [0.15, 0.2) is 6.29 Å². The normalized spacial score (nSPS) is 12.3. The second-order valence-electron chi connectivity index (χ2n) is 9.66. The molecule has 36 heavy (non-hydrogen) atoms. The highest BCUT2D eigenvalue weighted by molar-refractivity contribution is 6.32. The summed E-state index contributed by atoms with van der Waals surface area (Å²) >= 11 is 6.33. The molecule has 0 radical (unpaired) electrons. The van der Waals surface area contributed by atoms with Crippen LogP contribution in [0.5, 0.6) is 0 Å². The molecule has 2 rings (SSSR count). The molecule has 0 bridgehead atoms. The lowest BCUT2D eigenvalue weighted by Gasteiger charge is -2.14. The third-order valence-electron chi connectivity index (χ3n) is 4.29. The quantitative estimate of drug-likeness (QED) is 0.176. The lowest BCUT2D eigenvalue weighted by molar-refractivity contribution is -0.142. The van der Waals surface area contributed by atoms with E-state index in [9.17, 15) is 9.59 Å². The predicted molar refractivity (Wildman–Crippen MR) is 153 cm³/mol. The van der Waals surface area contributed by atoms with Crippen LogP contribution in [0.3, 0.4) is 0 Å². The Labute approximate surface area is 223 Å². The maximum absolute atomic E-state index is 11.6. The van der Waals surface area contributed by atoms with Crippen molar-refractivity contribution in [3.63, 3.8) is 0 Å². The first kappa shape index (κ1) is 33.1. The van der Waals surface area contributed by atoms with E-state index >= 15 is 0 Å². The first-order valence-electron chi connectivity index (χ1n) is 12.1. The molecule has 0 spiro atoms. The fourth-order valence-corrected chi connectivity index (χ4v) is 3.10.